The molecule has 0 spiro atoms. The first-order valence-electron chi connectivity index (χ1n) is 11.1. The van der Waals surface area contributed by atoms with E-state index < -0.39 is 28.1 Å². The molecule has 0 aliphatic carbocycles. The molecule has 3 rings (SSSR count). The molecular weight excluding hydrogens is 546 g/mol. The fraction of sp³-hybridized carbons (Fsp3) is 0.304. The second-order valence-corrected chi connectivity index (χ2v) is 9.55. The van der Waals surface area contributed by atoms with Crippen LogP contribution in [0.4, 0.5) is 4.79 Å². The topological polar surface area (TPSA) is 165 Å². The molecule has 204 valence electrons. The van der Waals surface area contributed by atoms with E-state index in [-0.39, 0.29) is 32.0 Å². The van der Waals surface area contributed by atoms with Gasteiger partial charge in [0.05, 0.1) is 32.4 Å². The zero-order valence-electron chi connectivity index (χ0n) is 20.3. The number of amides is 1. The van der Waals surface area contributed by atoms with Gasteiger partial charge in [-0.15, -0.1) is 10.1 Å². The van der Waals surface area contributed by atoms with Crippen LogP contribution in [0.5, 0.6) is 5.75 Å². The monoisotopic (exact) mass is 569 g/mol. The molecule has 0 bridgehead atoms. The van der Waals surface area contributed by atoms with E-state index in [0.717, 1.165) is 0 Å². The van der Waals surface area contributed by atoms with Crippen molar-refractivity contribution in [1.29, 1.82) is 0 Å². The summed E-state index contributed by atoms with van der Waals surface area (Å²) in [4.78, 5) is 39.4. The molecule has 15 heteroatoms. The number of methoxy groups -OCH3 is 1. The van der Waals surface area contributed by atoms with Crippen LogP contribution < -0.4 is 9.46 Å². The van der Waals surface area contributed by atoms with Crippen LogP contribution in [-0.4, -0.2) is 57.0 Å². The number of carbonyl (C=O) groups excluding carboxylic acids is 2. The van der Waals surface area contributed by atoms with Gasteiger partial charge in [0.1, 0.15) is 5.75 Å². The summed E-state index contributed by atoms with van der Waals surface area (Å²) in [6, 6.07) is 11.7. The van der Waals surface area contributed by atoms with Gasteiger partial charge in [-0.3, -0.25) is 13.5 Å². The van der Waals surface area contributed by atoms with E-state index >= 15 is 0 Å². The van der Waals surface area contributed by atoms with Gasteiger partial charge in [-0.1, -0.05) is 11.6 Å². The van der Waals surface area contributed by atoms with Gasteiger partial charge in [0, 0.05) is 28.1 Å². The van der Waals surface area contributed by atoms with E-state index in [2.05, 4.69) is 9.02 Å². The molecule has 0 radical (unpaired) electrons. The summed E-state index contributed by atoms with van der Waals surface area (Å²) in [6.07, 6.45) is -1.22. The second-order valence-electron chi connectivity index (χ2n) is 7.77. The smallest absolute Gasteiger partial charge is 0.422 e. The highest BCUT2D eigenvalue weighted by atomic mass is 35.5. The highest BCUT2D eigenvalue weighted by Crippen LogP contribution is 2.31. The summed E-state index contributed by atoms with van der Waals surface area (Å²) in [7, 11) is -2.99. The number of aromatic nitrogens is 1. The van der Waals surface area contributed by atoms with Crippen LogP contribution in [0.1, 0.15) is 28.0 Å². The molecule has 0 unspecified atom stereocenters. The van der Waals surface area contributed by atoms with Crippen molar-refractivity contribution in [1.82, 2.24) is 9.29 Å². The molecule has 1 aromatic heterocycles. The molecule has 0 atom stereocenters. The number of hydrogen-bond donors (Lipinski definition) is 1. The van der Waals surface area contributed by atoms with Crippen LogP contribution in [0.15, 0.2) is 42.5 Å². The summed E-state index contributed by atoms with van der Waals surface area (Å²) in [5.41, 5.74) is 2.33. The van der Waals surface area contributed by atoms with Gasteiger partial charge in [-0.2, -0.15) is 13.1 Å². The minimum atomic E-state index is -4.49. The zero-order valence-corrected chi connectivity index (χ0v) is 21.9. The minimum absolute atomic E-state index is 0.0987. The lowest BCUT2D eigenvalue weighted by Crippen LogP contribution is -2.33. The SMILES string of the molecule is COc1ccc2c(c1)c(CCOC(=O)NS(=O)(=O)OCCCO[N+](=O)[O-])c(C)n2C(=O)c1ccc(Cl)cc1. The Morgan fingerprint density at radius 1 is 1.11 bits per heavy atom. The van der Waals surface area contributed by atoms with E-state index in [9.17, 15) is 28.1 Å². The third kappa shape index (κ3) is 7.34. The van der Waals surface area contributed by atoms with Crippen LogP contribution in [-0.2, 0) is 30.5 Å². The van der Waals surface area contributed by atoms with Gasteiger partial charge in [-0.25, -0.2) is 4.79 Å². The number of nitrogens with zero attached hydrogens (tertiary/aromatic N) is 2. The number of carbonyl (C=O) groups is 2. The Hall–Kier alpha value is -3.88. The molecule has 13 nitrogen and oxygen atoms in total. The van der Waals surface area contributed by atoms with Gasteiger partial charge in [0.2, 0.25) is 0 Å². The molecule has 1 amide bonds. The molecule has 0 saturated heterocycles. The Morgan fingerprint density at radius 3 is 2.47 bits per heavy atom. The van der Waals surface area contributed by atoms with Crippen molar-refractivity contribution in [3.8, 4) is 5.75 Å². The Balaban J connectivity index is 1.70. The highest BCUT2D eigenvalue weighted by molar-refractivity contribution is 7.85. The Bertz CT molecular complexity index is 1440. The van der Waals surface area contributed by atoms with Gasteiger partial charge in [0.25, 0.3) is 11.0 Å². The average molecular weight is 570 g/mol. The van der Waals surface area contributed by atoms with Crippen molar-refractivity contribution in [2.45, 2.75) is 19.8 Å². The summed E-state index contributed by atoms with van der Waals surface area (Å²) in [6.45, 7) is 0.713. The number of rotatable bonds is 12. The number of nitrogens with one attached hydrogen (secondary N) is 1. The van der Waals surface area contributed by atoms with Crippen LogP contribution in [0.2, 0.25) is 5.02 Å². The predicted molar refractivity (Wildman–Crippen MR) is 135 cm³/mol. The lowest BCUT2D eigenvalue weighted by atomic mass is 10.1. The molecule has 2 aromatic carbocycles. The Kier molecular flexibility index (Phi) is 9.50. The number of hydrogen-bond acceptors (Lipinski definition) is 10. The molecule has 0 aliphatic rings. The van der Waals surface area contributed by atoms with Gasteiger partial charge >= 0.3 is 16.4 Å². The fourth-order valence-electron chi connectivity index (χ4n) is 3.66. The third-order valence-corrected chi connectivity index (χ3v) is 6.50. The van der Waals surface area contributed by atoms with Crippen LogP contribution in [0, 0.1) is 17.0 Å². The number of fused-ring (bicyclic) bond motifs is 1. The van der Waals surface area contributed by atoms with Crippen molar-refractivity contribution in [3.05, 3.63) is 74.4 Å². The summed E-state index contributed by atoms with van der Waals surface area (Å²) in [5, 5.41) is 10.2. The highest BCUT2D eigenvalue weighted by Gasteiger charge is 2.22. The lowest BCUT2D eigenvalue weighted by molar-refractivity contribution is -0.757. The lowest BCUT2D eigenvalue weighted by Gasteiger charge is -2.09. The van der Waals surface area contributed by atoms with Crippen molar-refractivity contribution in [2.24, 2.45) is 0 Å². The molecule has 1 N–H and O–H groups in total. The number of halogens is 1. The van der Waals surface area contributed by atoms with E-state index in [0.29, 0.717) is 38.5 Å². The quantitative estimate of drug-likeness (QED) is 0.194. The molecule has 0 aliphatic heterocycles. The molecule has 0 saturated carbocycles. The molecule has 1 heterocycles. The average Bonchev–Trinajstić information content (AvgIpc) is 3.13. The van der Waals surface area contributed by atoms with Crippen molar-refractivity contribution < 1.29 is 41.6 Å². The molecule has 0 fully saturated rings. The summed E-state index contributed by atoms with van der Waals surface area (Å²) < 4.78 is 41.6. The van der Waals surface area contributed by atoms with E-state index in [4.69, 9.17) is 21.1 Å². The van der Waals surface area contributed by atoms with E-state index in [1.54, 1.807) is 54.1 Å². The Morgan fingerprint density at radius 2 is 1.82 bits per heavy atom. The van der Waals surface area contributed by atoms with Crippen LogP contribution >= 0.6 is 11.6 Å². The maximum absolute atomic E-state index is 13.3. The number of benzene rings is 2. The first-order chi connectivity index (χ1) is 18.0. The second kappa shape index (κ2) is 12.6. The fourth-order valence-corrected chi connectivity index (χ4v) is 4.45. The maximum Gasteiger partial charge on any atom is 0.422 e. The maximum atomic E-state index is 13.3. The first kappa shape index (κ1) is 28.7. The predicted octanol–water partition coefficient (Wildman–Crippen LogP) is 3.43. The molecular formula is C23H24ClN3O10S. The minimum Gasteiger partial charge on any atom is -0.497 e. The van der Waals surface area contributed by atoms with Crippen molar-refractivity contribution >= 4 is 44.8 Å². The van der Waals surface area contributed by atoms with E-state index in [1.807, 2.05) is 0 Å². The number of ether oxygens (including phenoxy) is 2. The van der Waals surface area contributed by atoms with Gasteiger partial charge in [0.15, 0.2) is 0 Å². The molecule has 3 aromatic rings. The van der Waals surface area contributed by atoms with Crippen LogP contribution in [0.25, 0.3) is 10.9 Å². The van der Waals surface area contributed by atoms with Gasteiger partial charge in [-0.05, 0) is 61.4 Å². The van der Waals surface area contributed by atoms with Crippen molar-refractivity contribution in [3.63, 3.8) is 0 Å². The summed E-state index contributed by atoms with van der Waals surface area (Å²) in [5.74, 6) is 0.270. The molecule has 38 heavy (non-hydrogen) atoms. The van der Waals surface area contributed by atoms with E-state index in [1.165, 1.54) is 11.7 Å². The summed E-state index contributed by atoms with van der Waals surface area (Å²) >= 11 is 5.95. The van der Waals surface area contributed by atoms with Crippen molar-refractivity contribution in [2.75, 3.05) is 26.9 Å². The zero-order chi connectivity index (χ0) is 27.9. The largest absolute Gasteiger partial charge is 0.497 e. The Labute approximate surface area is 222 Å². The first-order valence-corrected chi connectivity index (χ1v) is 12.9. The normalized spacial score (nSPS) is 11.2. The standard InChI is InChI=1S/C23H24ClN3O10S/c1-15-19(10-13-35-23(29)25-38(32,33)37-12-3-11-36-27(30)31)20-14-18(34-2)8-9-21(20)26(15)22(28)16-4-6-17(24)7-5-16/h4-9,14H,3,10-13H2,1-2H3,(H,25,29). The van der Waals surface area contributed by atoms with Crippen LogP contribution in [0.3, 0.4) is 0 Å². The third-order valence-electron chi connectivity index (χ3n) is 5.35. The van der Waals surface area contributed by atoms with Gasteiger partial charge < -0.3 is 14.3 Å².